The highest BCUT2D eigenvalue weighted by Crippen LogP contribution is 2.29. The van der Waals surface area contributed by atoms with Crippen molar-refractivity contribution in [2.75, 3.05) is 24.8 Å². The van der Waals surface area contributed by atoms with Crippen LogP contribution in [0.3, 0.4) is 0 Å². The molecule has 0 saturated carbocycles. The first-order valence-electron chi connectivity index (χ1n) is 6.20. The van der Waals surface area contributed by atoms with E-state index < -0.39 is 0 Å². The number of anilines is 2. The molecule has 0 aliphatic carbocycles. The first-order valence-corrected chi connectivity index (χ1v) is 6.99. The third kappa shape index (κ3) is 4.39. The van der Waals surface area contributed by atoms with E-state index in [0.29, 0.717) is 22.9 Å². The molecule has 0 aliphatic rings. The molecule has 0 spiro atoms. The van der Waals surface area contributed by atoms with Crippen LogP contribution in [0.2, 0.25) is 0 Å². The molecular formula is C15H15BrN2O3. The van der Waals surface area contributed by atoms with Crippen LogP contribution >= 0.6 is 15.9 Å². The van der Waals surface area contributed by atoms with E-state index >= 15 is 0 Å². The second-order valence-corrected chi connectivity index (χ2v) is 5.11. The van der Waals surface area contributed by atoms with Crippen molar-refractivity contribution in [1.82, 2.24) is 0 Å². The van der Waals surface area contributed by atoms with Crippen LogP contribution in [0.1, 0.15) is 0 Å². The molecule has 110 valence electrons. The lowest BCUT2D eigenvalue weighted by Gasteiger charge is -2.10. The molecule has 0 radical (unpaired) electrons. The summed E-state index contributed by atoms with van der Waals surface area (Å²) in [5.41, 5.74) is 6.90. The molecule has 0 saturated heterocycles. The molecular weight excluding hydrogens is 336 g/mol. The maximum Gasteiger partial charge on any atom is 0.262 e. The molecule has 0 atom stereocenters. The van der Waals surface area contributed by atoms with Crippen molar-refractivity contribution in [2.45, 2.75) is 0 Å². The van der Waals surface area contributed by atoms with E-state index in [0.717, 1.165) is 4.47 Å². The summed E-state index contributed by atoms with van der Waals surface area (Å²) in [7, 11) is 1.59. The summed E-state index contributed by atoms with van der Waals surface area (Å²) < 4.78 is 11.3. The van der Waals surface area contributed by atoms with Crippen LogP contribution in [0.15, 0.2) is 46.9 Å². The topological polar surface area (TPSA) is 73.6 Å². The summed E-state index contributed by atoms with van der Waals surface area (Å²) in [5, 5.41) is 2.72. The molecule has 1 amide bonds. The average Bonchev–Trinajstić information content (AvgIpc) is 2.48. The highest BCUT2D eigenvalue weighted by molar-refractivity contribution is 9.10. The van der Waals surface area contributed by atoms with E-state index in [-0.39, 0.29) is 12.5 Å². The fourth-order valence-electron chi connectivity index (χ4n) is 1.63. The molecule has 2 aromatic rings. The largest absolute Gasteiger partial charge is 0.497 e. The number of nitrogen functional groups attached to an aromatic ring is 1. The minimum Gasteiger partial charge on any atom is -0.497 e. The second-order valence-electron chi connectivity index (χ2n) is 4.26. The number of carbonyl (C=O) groups is 1. The van der Waals surface area contributed by atoms with Crippen molar-refractivity contribution in [2.24, 2.45) is 0 Å². The molecule has 3 N–H and O–H groups in total. The van der Waals surface area contributed by atoms with Crippen LogP contribution in [-0.4, -0.2) is 19.6 Å². The van der Waals surface area contributed by atoms with Crippen LogP contribution in [0.5, 0.6) is 11.5 Å². The Labute approximate surface area is 131 Å². The lowest BCUT2D eigenvalue weighted by Crippen LogP contribution is -2.20. The molecule has 6 heteroatoms. The lowest BCUT2D eigenvalue weighted by molar-refractivity contribution is -0.118. The van der Waals surface area contributed by atoms with Crippen LogP contribution in [0.4, 0.5) is 11.4 Å². The molecule has 0 fully saturated rings. The van der Waals surface area contributed by atoms with Gasteiger partial charge >= 0.3 is 0 Å². The Bertz CT molecular complexity index is 629. The molecule has 0 aromatic heterocycles. The normalized spacial score (nSPS) is 10.0. The van der Waals surface area contributed by atoms with Crippen LogP contribution in [0.25, 0.3) is 0 Å². The van der Waals surface area contributed by atoms with E-state index in [4.69, 9.17) is 15.2 Å². The first-order chi connectivity index (χ1) is 10.1. The Morgan fingerprint density at radius 2 is 1.95 bits per heavy atom. The van der Waals surface area contributed by atoms with Gasteiger partial charge in [-0.15, -0.1) is 0 Å². The van der Waals surface area contributed by atoms with Crippen LogP contribution < -0.4 is 20.5 Å². The molecule has 0 bridgehead atoms. The molecule has 2 aromatic carbocycles. The van der Waals surface area contributed by atoms with Crippen molar-refractivity contribution in [1.29, 1.82) is 0 Å². The minimum atomic E-state index is -0.248. The zero-order valence-electron chi connectivity index (χ0n) is 11.4. The number of hydrogen-bond donors (Lipinski definition) is 2. The van der Waals surface area contributed by atoms with Crippen molar-refractivity contribution in [3.63, 3.8) is 0 Å². The van der Waals surface area contributed by atoms with Crippen LogP contribution in [0, 0.1) is 0 Å². The van der Waals surface area contributed by atoms with Crippen molar-refractivity contribution in [3.8, 4) is 11.5 Å². The number of amides is 1. The van der Waals surface area contributed by atoms with Gasteiger partial charge in [-0.05, 0) is 58.4 Å². The summed E-state index contributed by atoms with van der Waals surface area (Å²) in [4.78, 5) is 11.8. The smallest absolute Gasteiger partial charge is 0.262 e. The fourth-order valence-corrected chi connectivity index (χ4v) is 2.10. The number of nitrogens with one attached hydrogen (secondary N) is 1. The number of ether oxygens (including phenoxy) is 2. The Morgan fingerprint density at radius 1 is 1.24 bits per heavy atom. The van der Waals surface area contributed by atoms with Gasteiger partial charge in [0.25, 0.3) is 5.91 Å². The average molecular weight is 351 g/mol. The lowest BCUT2D eigenvalue weighted by atomic mass is 10.3. The summed E-state index contributed by atoms with van der Waals surface area (Å²) in [6.07, 6.45) is 0. The third-order valence-electron chi connectivity index (χ3n) is 2.69. The summed E-state index contributed by atoms with van der Waals surface area (Å²) >= 11 is 3.36. The summed E-state index contributed by atoms with van der Waals surface area (Å²) in [6, 6.07) is 12.2. The Kier molecular flexibility index (Phi) is 5.05. The standard InChI is InChI=1S/C15H15BrN2O3/c1-20-12-6-7-14(13(16)8-12)21-9-15(19)18-11-4-2-10(17)3-5-11/h2-8H,9,17H2,1H3,(H,18,19). The number of rotatable bonds is 5. The summed E-state index contributed by atoms with van der Waals surface area (Å²) in [5.74, 6) is 1.03. The van der Waals surface area contributed by atoms with Gasteiger partial charge in [0.05, 0.1) is 11.6 Å². The highest BCUT2D eigenvalue weighted by atomic mass is 79.9. The Balaban J connectivity index is 1.90. The van der Waals surface area contributed by atoms with Crippen molar-refractivity contribution in [3.05, 3.63) is 46.9 Å². The Hall–Kier alpha value is -2.21. The van der Waals surface area contributed by atoms with E-state index in [1.807, 2.05) is 0 Å². The van der Waals surface area contributed by atoms with Gasteiger partial charge < -0.3 is 20.5 Å². The van der Waals surface area contributed by atoms with E-state index in [1.54, 1.807) is 49.6 Å². The highest BCUT2D eigenvalue weighted by Gasteiger charge is 2.07. The number of carbonyl (C=O) groups excluding carboxylic acids is 1. The molecule has 21 heavy (non-hydrogen) atoms. The van der Waals surface area contributed by atoms with E-state index in [2.05, 4.69) is 21.2 Å². The zero-order valence-corrected chi connectivity index (χ0v) is 13.0. The molecule has 5 nitrogen and oxygen atoms in total. The van der Waals surface area contributed by atoms with E-state index in [1.165, 1.54) is 0 Å². The SMILES string of the molecule is COc1ccc(OCC(=O)Nc2ccc(N)cc2)c(Br)c1. The van der Waals surface area contributed by atoms with Crippen molar-refractivity contribution >= 4 is 33.2 Å². The van der Waals surface area contributed by atoms with Gasteiger partial charge in [0.15, 0.2) is 6.61 Å². The van der Waals surface area contributed by atoms with Gasteiger partial charge in [-0.3, -0.25) is 4.79 Å². The molecule has 0 unspecified atom stereocenters. The molecule has 2 rings (SSSR count). The second kappa shape index (κ2) is 6.99. The summed E-state index contributed by atoms with van der Waals surface area (Å²) in [6.45, 7) is -0.0880. The third-order valence-corrected chi connectivity index (χ3v) is 3.31. The number of benzene rings is 2. The van der Waals surface area contributed by atoms with Gasteiger partial charge in [0, 0.05) is 11.4 Å². The number of nitrogens with two attached hydrogens (primary N) is 1. The molecule has 0 heterocycles. The van der Waals surface area contributed by atoms with Gasteiger partial charge in [-0.2, -0.15) is 0 Å². The molecule has 0 aliphatic heterocycles. The maximum absolute atomic E-state index is 11.8. The predicted molar refractivity (Wildman–Crippen MR) is 85.7 cm³/mol. The number of methoxy groups -OCH3 is 1. The van der Waals surface area contributed by atoms with Gasteiger partial charge in [0.2, 0.25) is 0 Å². The van der Waals surface area contributed by atoms with Gasteiger partial charge in [0.1, 0.15) is 11.5 Å². The minimum absolute atomic E-state index is 0.0880. The number of hydrogen-bond acceptors (Lipinski definition) is 4. The van der Waals surface area contributed by atoms with Gasteiger partial charge in [-0.25, -0.2) is 0 Å². The first kappa shape index (κ1) is 15.2. The fraction of sp³-hybridized carbons (Fsp3) is 0.133. The van der Waals surface area contributed by atoms with Crippen molar-refractivity contribution < 1.29 is 14.3 Å². The quantitative estimate of drug-likeness (QED) is 0.812. The number of halogens is 1. The zero-order chi connectivity index (χ0) is 15.2. The monoisotopic (exact) mass is 350 g/mol. The maximum atomic E-state index is 11.8. The van der Waals surface area contributed by atoms with E-state index in [9.17, 15) is 4.79 Å². The van der Waals surface area contributed by atoms with Crippen LogP contribution in [-0.2, 0) is 4.79 Å². The Morgan fingerprint density at radius 3 is 2.57 bits per heavy atom. The van der Waals surface area contributed by atoms with Gasteiger partial charge in [-0.1, -0.05) is 0 Å². The predicted octanol–water partition coefficient (Wildman–Crippen LogP) is 3.06.